The van der Waals surface area contributed by atoms with Gasteiger partial charge >= 0.3 is 6.09 Å². The zero-order valence-electron chi connectivity index (χ0n) is 33.3. The Kier molecular flexibility index (Phi) is 9.88. The number of nitrogens with one attached hydrogen (secondary N) is 1. The molecule has 2 N–H and O–H groups in total. The normalized spacial score (nSPS) is 36.9. The van der Waals surface area contributed by atoms with Crippen molar-refractivity contribution in [1.29, 1.82) is 0 Å². The first-order chi connectivity index (χ1) is 26.2. The number of nitrogens with zero attached hydrogens (tertiary/aromatic N) is 1. The average molecular weight is 733 g/mol. The zero-order valence-corrected chi connectivity index (χ0v) is 33.3. The van der Waals surface area contributed by atoms with Gasteiger partial charge in [0.15, 0.2) is 0 Å². The molecule has 2 aliphatic heterocycles. The molecule has 1 spiro atoms. The molecule has 0 radical (unpaired) electrons. The van der Waals surface area contributed by atoms with Gasteiger partial charge in [-0.2, -0.15) is 0 Å². The topological polar surface area (TPSA) is 71.0 Å². The van der Waals surface area contributed by atoms with E-state index in [1.807, 2.05) is 0 Å². The maximum absolute atomic E-state index is 12.7. The van der Waals surface area contributed by atoms with Crippen molar-refractivity contribution in [3.8, 4) is 11.1 Å². The van der Waals surface area contributed by atoms with Crippen molar-refractivity contribution in [2.24, 2.45) is 35.0 Å². The van der Waals surface area contributed by atoms with Gasteiger partial charge in [-0.3, -0.25) is 4.90 Å². The van der Waals surface area contributed by atoms with Crippen molar-refractivity contribution in [3.63, 3.8) is 0 Å². The zero-order chi connectivity index (χ0) is 37.2. The second kappa shape index (κ2) is 14.5. The highest BCUT2D eigenvalue weighted by molar-refractivity contribution is 5.79. The van der Waals surface area contributed by atoms with E-state index in [0.29, 0.717) is 43.1 Å². The molecule has 6 heteroatoms. The quantitative estimate of drug-likeness (QED) is 0.199. The molecule has 2 aromatic carbocycles. The number of aliphatic hydroxyl groups is 1. The van der Waals surface area contributed by atoms with E-state index >= 15 is 0 Å². The molecule has 2 heterocycles. The van der Waals surface area contributed by atoms with Gasteiger partial charge in [0.05, 0.1) is 17.8 Å². The van der Waals surface area contributed by atoms with Crippen molar-refractivity contribution in [2.75, 3.05) is 26.2 Å². The van der Waals surface area contributed by atoms with Gasteiger partial charge in [0, 0.05) is 31.0 Å². The molecule has 9 rings (SSSR count). The van der Waals surface area contributed by atoms with E-state index in [0.717, 1.165) is 50.5 Å². The predicted molar refractivity (Wildman–Crippen MR) is 215 cm³/mol. The van der Waals surface area contributed by atoms with Crippen molar-refractivity contribution in [1.82, 2.24) is 10.2 Å². The third-order valence-corrected chi connectivity index (χ3v) is 16.1. The molecular weight excluding hydrogens is 669 g/mol. The first kappa shape index (κ1) is 36.7. The predicted octanol–water partition coefficient (Wildman–Crippen LogP) is 9.81. The van der Waals surface area contributed by atoms with Crippen molar-refractivity contribution in [3.05, 3.63) is 82.5 Å². The number of likely N-dealkylation sites (tertiary alicyclic amines) is 1. The van der Waals surface area contributed by atoms with Crippen LogP contribution in [0, 0.1) is 35.0 Å². The van der Waals surface area contributed by atoms with Gasteiger partial charge in [-0.25, -0.2) is 4.79 Å². The number of benzene rings is 2. The van der Waals surface area contributed by atoms with Crippen LogP contribution in [0.2, 0.25) is 0 Å². The summed E-state index contributed by atoms with van der Waals surface area (Å²) < 4.78 is 13.2. The first-order valence-electron chi connectivity index (χ1n) is 21.8. The highest BCUT2D eigenvalue weighted by atomic mass is 16.5. The standard InChI is InChI=1S/C48H64N2O4/c1-30-25-44-45(32(3)48(54-44)22-20-39-40-18-17-33-26-34(51)19-21-47(33,4)43(40)27-41(39)31(48)2)50(28-30)24-12-6-5-11-23-49-46(52)53-29-42-37-15-9-7-13-35(37)36-14-8-10-16-38(36)42/h7-10,13-17,30,32,34,39-40,42-45,51H,5-6,11-12,18-29H2,1-4H3,(H,49,52)/t30-,32+,34-,39-,40-,43-,44+,45?,47-,48-/m0/s1. The van der Waals surface area contributed by atoms with E-state index in [-0.39, 0.29) is 29.1 Å². The van der Waals surface area contributed by atoms with Crippen LogP contribution in [0.15, 0.2) is 71.3 Å². The van der Waals surface area contributed by atoms with E-state index in [4.69, 9.17) is 9.47 Å². The minimum atomic E-state index is -0.311. The summed E-state index contributed by atoms with van der Waals surface area (Å²) in [6.07, 6.45) is 15.9. The molecule has 10 atom stereocenters. The summed E-state index contributed by atoms with van der Waals surface area (Å²) in [5.41, 5.74) is 10.1. The molecule has 1 amide bonds. The Morgan fingerprint density at radius 2 is 1.72 bits per heavy atom. The lowest BCUT2D eigenvalue weighted by molar-refractivity contribution is -0.0649. The Bertz CT molecular complexity index is 1750. The number of hydrogen-bond donors (Lipinski definition) is 2. The van der Waals surface area contributed by atoms with E-state index in [1.54, 1.807) is 16.7 Å². The monoisotopic (exact) mass is 732 g/mol. The molecule has 4 fully saturated rings. The molecule has 5 aliphatic carbocycles. The number of allylic oxidation sites excluding steroid dienone is 2. The molecule has 2 saturated carbocycles. The highest BCUT2D eigenvalue weighted by Crippen LogP contribution is 2.65. The highest BCUT2D eigenvalue weighted by Gasteiger charge is 2.61. The van der Waals surface area contributed by atoms with E-state index < -0.39 is 0 Å². The van der Waals surface area contributed by atoms with Crippen LogP contribution < -0.4 is 5.32 Å². The average Bonchev–Trinajstić information content (AvgIpc) is 3.81. The summed E-state index contributed by atoms with van der Waals surface area (Å²) in [5, 5.41) is 13.5. The maximum Gasteiger partial charge on any atom is 0.407 e. The van der Waals surface area contributed by atoms with Gasteiger partial charge in [0.25, 0.3) is 0 Å². The van der Waals surface area contributed by atoms with Crippen LogP contribution >= 0.6 is 0 Å². The lowest BCUT2D eigenvalue weighted by Gasteiger charge is -2.49. The number of unbranched alkanes of at least 4 members (excludes halogenated alkanes) is 3. The number of carbonyl (C=O) groups is 1. The number of ether oxygens (including phenoxy) is 2. The summed E-state index contributed by atoms with van der Waals surface area (Å²) >= 11 is 0. The van der Waals surface area contributed by atoms with Crippen LogP contribution in [0.3, 0.4) is 0 Å². The van der Waals surface area contributed by atoms with Gasteiger partial charge < -0.3 is 19.9 Å². The lowest BCUT2D eigenvalue weighted by Crippen LogP contribution is -2.52. The van der Waals surface area contributed by atoms with Crippen LogP contribution in [0.25, 0.3) is 11.1 Å². The third kappa shape index (κ3) is 6.12. The van der Waals surface area contributed by atoms with Crippen LogP contribution in [-0.2, 0) is 9.47 Å². The fourth-order valence-electron chi connectivity index (χ4n) is 13.4. The minimum absolute atomic E-state index is 0.0909. The largest absolute Gasteiger partial charge is 0.449 e. The van der Waals surface area contributed by atoms with Crippen molar-refractivity contribution in [2.45, 2.75) is 135 Å². The number of rotatable bonds is 9. The number of carbonyl (C=O) groups excluding carboxylic acids is 1. The van der Waals surface area contributed by atoms with Crippen molar-refractivity contribution < 1.29 is 19.4 Å². The number of amides is 1. The Morgan fingerprint density at radius 1 is 0.981 bits per heavy atom. The van der Waals surface area contributed by atoms with Crippen LogP contribution in [-0.4, -0.2) is 66.2 Å². The van der Waals surface area contributed by atoms with E-state index in [9.17, 15) is 9.90 Å². The molecule has 54 heavy (non-hydrogen) atoms. The summed E-state index contributed by atoms with van der Waals surface area (Å²) in [6.45, 7) is 13.3. The molecule has 2 saturated heterocycles. The molecule has 1 unspecified atom stereocenters. The molecule has 0 bridgehead atoms. The molecule has 2 aromatic rings. The number of aliphatic hydroxyl groups excluding tert-OH is 1. The molecule has 0 aromatic heterocycles. The van der Waals surface area contributed by atoms with Gasteiger partial charge in [-0.1, -0.05) is 99.4 Å². The van der Waals surface area contributed by atoms with Crippen LogP contribution in [0.1, 0.15) is 122 Å². The Labute approximate surface area is 324 Å². The summed E-state index contributed by atoms with van der Waals surface area (Å²) in [7, 11) is 0. The Morgan fingerprint density at radius 3 is 2.50 bits per heavy atom. The van der Waals surface area contributed by atoms with Gasteiger partial charge in [0.2, 0.25) is 0 Å². The van der Waals surface area contributed by atoms with Crippen molar-refractivity contribution >= 4 is 6.09 Å². The van der Waals surface area contributed by atoms with Gasteiger partial charge in [-0.15, -0.1) is 0 Å². The summed E-state index contributed by atoms with van der Waals surface area (Å²) in [6, 6.07) is 17.4. The van der Waals surface area contributed by atoms with E-state index in [2.05, 4.69) is 92.5 Å². The Hall–Kier alpha value is -2.93. The maximum atomic E-state index is 12.7. The van der Waals surface area contributed by atoms with Gasteiger partial charge in [-0.05, 0) is 135 Å². The first-order valence-corrected chi connectivity index (χ1v) is 21.8. The summed E-state index contributed by atoms with van der Waals surface area (Å²) in [4.78, 5) is 15.5. The van der Waals surface area contributed by atoms with E-state index in [1.165, 1.54) is 73.7 Å². The fraction of sp³-hybridized carbons (Fsp3) is 0.646. The molecule has 6 nitrogen and oxygen atoms in total. The number of alkyl carbamates (subject to hydrolysis) is 1. The van der Waals surface area contributed by atoms with Crippen LogP contribution in [0.4, 0.5) is 4.79 Å². The smallest absolute Gasteiger partial charge is 0.407 e. The molecular formula is C48H64N2O4. The Balaban J connectivity index is 0.760. The third-order valence-electron chi connectivity index (χ3n) is 16.1. The van der Waals surface area contributed by atoms with Gasteiger partial charge in [0.1, 0.15) is 6.61 Å². The second-order valence-corrected chi connectivity index (χ2v) is 18.9. The molecule has 290 valence electrons. The number of hydrogen-bond acceptors (Lipinski definition) is 5. The SMILES string of the molecule is CC1=C2C[C@H]3[C@@H](CC=C4C[C@@H](O)CC[C@@]43C)[C@@H]2CC[C@]12O[C@@H]1C[C@H](C)CN(CCCCCCNC(=O)OCC3c4ccccc4-c4ccccc43)C1[C@H]2C. The molecule has 7 aliphatic rings. The van der Waals surface area contributed by atoms with Crippen LogP contribution in [0.5, 0.6) is 0 Å². The fourth-order valence-corrected chi connectivity index (χ4v) is 13.4. The summed E-state index contributed by atoms with van der Waals surface area (Å²) in [5.74, 6) is 3.45. The second-order valence-electron chi connectivity index (χ2n) is 18.9. The lowest BCUT2D eigenvalue weighted by atomic mass is 9.56. The number of piperidine rings is 1. The number of fused-ring (bicyclic) bond motifs is 9. The minimum Gasteiger partial charge on any atom is -0.449 e.